The summed E-state index contributed by atoms with van der Waals surface area (Å²) in [7, 11) is 3.45. The van der Waals surface area contributed by atoms with Crippen LogP contribution in [0.1, 0.15) is 19.8 Å². The average Bonchev–Trinajstić information content (AvgIpc) is 2.03. The molecule has 0 aromatic carbocycles. The Bertz CT molecular complexity index is 155. The first kappa shape index (κ1) is 11.0. The summed E-state index contributed by atoms with van der Waals surface area (Å²) < 4.78 is 0. The van der Waals surface area contributed by atoms with Gasteiger partial charge in [-0.3, -0.25) is 0 Å². The third-order valence-electron chi connectivity index (χ3n) is 1.60. The second-order valence-corrected chi connectivity index (χ2v) is 2.97. The minimum atomic E-state index is -0.0617. The molecule has 0 saturated carbocycles. The first-order chi connectivity index (χ1) is 5.61. The highest BCUT2D eigenvalue weighted by atomic mass is 16.2. The third kappa shape index (κ3) is 4.01. The van der Waals surface area contributed by atoms with Gasteiger partial charge in [0, 0.05) is 20.1 Å². The van der Waals surface area contributed by atoms with Crippen molar-refractivity contribution in [1.29, 1.82) is 0 Å². The SMILES string of the molecule is C=CC(CCC)NC(=O)N(C)C. The summed E-state index contributed by atoms with van der Waals surface area (Å²) in [5.74, 6) is 0. The molecule has 0 aliphatic heterocycles. The summed E-state index contributed by atoms with van der Waals surface area (Å²) >= 11 is 0. The van der Waals surface area contributed by atoms with Gasteiger partial charge in [0.15, 0.2) is 0 Å². The quantitative estimate of drug-likeness (QED) is 0.639. The van der Waals surface area contributed by atoms with Crippen molar-refractivity contribution in [3.05, 3.63) is 12.7 Å². The smallest absolute Gasteiger partial charge is 0.317 e. The average molecular weight is 170 g/mol. The van der Waals surface area contributed by atoms with Crippen molar-refractivity contribution in [3.8, 4) is 0 Å². The van der Waals surface area contributed by atoms with Crippen LogP contribution in [0.5, 0.6) is 0 Å². The molecule has 3 nitrogen and oxygen atoms in total. The van der Waals surface area contributed by atoms with Gasteiger partial charge in [-0.1, -0.05) is 19.4 Å². The molecule has 0 spiro atoms. The Balaban J connectivity index is 3.85. The highest BCUT2D eigenvalue weighted by Gasteiger charge is 2.08. The first-order valence-corrected chi connectivity index (χ1v) is 4.22. The highest BCUT2D eigenvalue weighted by Crippen LogP contribution is 1.97. The Morgan fingerprint density at radius 1 is 1.67 bits per heavy atom. The van der Waals surface area contributed by atoms with Crippen LogP contribution in [0.25, 0.3) is 0 Å². The van der Waals surface area contributed by atoms with Gasteiger partial charge in [0.2, 0.25) is 0 Å². The Kier molecular flexibility index (Phi) is 5.17. The van der Waals surface area contributed by atoms with Crippen LogP contribution in [-0.2, 0) is 0 Å². The lowest BCUT2D eigenvalue weighted by atomic mass is 10.2. The molecular weight excluding hydrogens is 152 g/mol. The molecular formula is C9H18N2O. The van der Waals surface area contributed by atoms with E-state index in [9.17, 15) is 4.79 Å². The van der Waals surface area contributed by atoms with E-state index in [1.807, 2.05) is 0 Å². The van der Waals surface area contributed by atoms with Gasteiger partial charge >= 0.3 is 6.03 Å². The predicted molar refractivity (Wildman–Crippen MR) is 51.1 cm³/mol. The van der Waals surface area contributed by atoms with Crippen molar-refractivity contribution in [2.45, 2.75) is 25.8 Å². The molecule has 0 radical (unpaired) electrons. The molecule has 0 aliphatic rings. The Labute approximate surface area is 74.4 Å². The summed E-state index contributed by atoms with van der Waals surface area (Å²) in [6.45, 7) is 5.74. The van der Waals surface area contributed by atoms with Crippen molar-refractivity contribution >= 4 is 6.03 Å². The summed E-state index contributed by atoms with van der Waals surface area (Å²) in [6.07, 6.45) is 3.76. The van der Waals surface area contributed by atoms with E-state index in [1.165, 1.54) is 4.90 Å². The Hall–Kier alpha value is -0.990. The molecule has 12 heavy (non-hydrogen) atoms. The van der Waals surface area contributed by atoms with E-state index in [0.717, 1.165) is 12.8 Å². The summed E-state index contributed by atoms with van der Waals surface area (Å²) in [5.41, 5.74) is 0. The van der Waals surface area contributed by atoms with Crippen LogP contribution in [0, 0.1) is 0 Å². The van der Waals surface area contributed by atoms with Gasteiger partial charge in [0.25, 0.3) is 0 Å². The summed E-state index contributed by atoms with van der Waals surface area (Å²) in [4.78, 5) is 12.7. The Morgan fingerprint density at radius 2 is 2.25 bits per heavy atom. The van der Waals surface area contributed by atoms with E-state index in [2.05, 4.69) is 18.8 Å². The van der Waals surface area contributed by atoms with Gasteiger partial charge in [-0.05, 0) is 6.42 Å². The second kappa shape index (κ2) is 5.63. The number of hydrogen-bond acceptors (Lipinski definition) is 1. The van der Waals surface area contributed by atoms with Gasteiger partial charge in [-0.25, -0.2) is 4.79 Å². The molecule has 0 heterocycles. The maximum absolute atomic E-state index is 11.2. The number of amides is 2. The van der Waals surface area contributed by atoms with Crippen LogP contribution in [-0.4, -0.2) is 31.1 Å². The fourth-order valence-corrected chi connectivity index (χ4v) is 0.848. The summed E-state index contributed by atoms with van der Waals surface area (Å²) in [6, 6.07) is 0.0400. The number of carbonyl (C=O) groups excluding carboxylic acids is 1. The van der Waals surface area contributed by atoms with E-state index in [0.29, 0.717) is 0 Å². The van der Waals surface area contributed by atoms with Crippen LogP contribution in [0.4, 0.5) is 4.79 Å². The van der Waals surface area contributed by atoms with Crippen molar-refractivity contribution in [2.24, 2.45) is 0 Å². The molecule has 70 valence electrons. The second-order valence-electron chi connectivity index (χ2n) is 2.97. The molecule has 0 rings (SSSR count). The zero-order valence-electron chi connectivity index (χ0n) is 8.13. The number of hydrogen-bond donors (Lipinski definition) is 1. The molecule has 0 fully saturated rings. The van der Waals surface area contributed by atoms with Crippen LogP contribution in [0.2, 0.25) is 0 Å². The van der Waals surface area contributed by atoms with Crippen molar-refractivity contribution in [2.75, 3.05) is 14.1 Å². The molecule has 0 saturated heterocycles. The van der Waals surface area contributed by atoms with Gasteiger partial charge in [-0.2, -0.15) is 0 Å². The van der Waals surface area contributed by atoms with Gasteiger partial charge < -0.3 is 10.2 Å². The Morgan fingerprint density at radius 3 is 2.58 bits per heavy atom. The maximum Gasteiger partial charge on any atom is 0.317 e. The van der Waals surface area contributed by atoms with Gasteiger partial charge in [-0.15, -0.1) is 6.58 Å². The van der Waals surface area contributed by atoms with E-state index >= 15 is 0 Å². The number of urea groups is 1. The maximum atomic E-state index is 11.2. The fraction of sp³-hybridized carbons (Fsp3) is 0.667. The van der Waals surface area contributed by atoms with E-state index < -0.39 is 0 Å². The fourth-order valence-electron chi connectivity index (χ4n) is 0.848. The highest BCUT2D eigenvalue weighted by molar-refractivity contribution is 5.74. The first-order valence-electron chi connectivity index (χ1n) is 4.22. The van der Waals surface area contributed by atoms with E-state index in [-0.39, 0.29) is 12.1 Å². The normalized spacial score (nSPS) is 11.9. The van der Waals surface area contributed by atoms with E-state index in [4.69, 9.17) is 0 Å². The lowest BCUT2D eigenvalue weighted by Gasteiger charge is -2.17. The van der Waals surface area contributed by atoms with Crippen molar-refractivity contribution < 1.29 is 4.79 Å². The molecule has 2 amide bonds. The largest absolute Gasteiger partial charge is 0.332 e. The topological polar surface area (TPSA) is 32.3 Å². The monoisotopic (exact) mass is 170 g/mol. The molecule has 1 atom stereocenters. The number of rotatable bonds is 4. The van der Waals surface area contributed by atoms with Gasteiger partial charge in [0.05, 0.1) is 0 Å². The minimum absolute atomic E-state index is 0.0617. The van der Waals surface area contributed by atoms with Crippen LogP contribution >= 0.6 is 0 Å². The molecule has 0 aliphatic carbocycles. The molecule has 3 heteroatoms. The number of carbonyl (C=O) groups is 1. The zero-order chi connectivity index (χ0) is 9.56. The van der Waals surface area contributed by atoms with E-state index in [1.54, 1.807) is 20.2 Å². The molecule has 0 aromatic heterocycles. The molecule has 0 bridgehead atoms. The van der Waals surface area contributed by atoms with Crippen molar-refractivity contribution in [1.82, 2.24) is 10.2 Å². The van der Waals surface area contributed by atoms with Crippen LogP contribution in [0.15, 0.2) is 12.7 Å². The van der Waals surface area contributed by atoms with Crippen LogP contribution < -0.4 is 5.32 Å². The van der Waals surface area contributed by atoms with Gasteiger partial charge in [0.1, 0.15) is 0 Å². The molecule has 1 unspecified atom stereocenters. The zero-order valence-corrected chi connectivity index (χ0v) is 8.13. The minimum Gasteiger partial charge on any atom is -0.332 e. The lowest BCUT2D eigenvalue weighted by Crippen LogP contribution is -2.40. The lowest BCUT2D eigenvalue weighted by molar-refractivity contribution is 0.214. The predicted octanol–water partition coefficient (Wildman–Crippen LogP) is 1.61. The standard InChI is InChI=1S/C9H18N2O/c1-5-7-8(6-2)10-9(12)11(3)4/h6,8H,2,5,7H2,1,3-4H3,(H,10,12). The van der Waals surface area contributed by atoms with Crippen LogP contribution in [0.3, 0.4) is 0 Å². The third-order valence-corrected chi connectivity index (χ3v) is 1.60. The number of nitrogens with one attached hydrogen (secondary N) is 1. The molecule has 0 aromatic rings. The summed E-state index contributed by atoms with van der Waals surface area (Å²) in [5, 5.41) is 2.84. The molecule has 1 N–H and O–H groups in total. The van der Waals surface area contributed by atoms with Crippen molar-refractivity contribution in [3.63, 3.8) is 0 Å². The number of nitrogens with zero attached hydrogens (tertiary/aromatic N) is 1.